The van der Waals surface area contributed by atoms with Crippen LogP contribution in [-0.4, -0.2) is 33.4 Å². The number of sulfone groups is 1. The van der Waals surface area contributed by atoms with E-state index in [0.717, 1.165) is 6.26 Å². The summed E-state index contributed by atoms with van der Waals surface area (Å²) in [7, 11) is -3.21. The molecular weight excluding hydrogens is 256 g/mol. The smallest absolute Gasteiger partial charge is 0.344 e. The molecule has 0 saturated heterocycles. The third-order valence-corrected chi connectivity index (χ3v) is 3.10. The Morgan fingerprint density at radius 2 is 1.78 bits per heavy atom. The van der Waals surface area contributed by atoms with Crippen molar-refractivity contribution in [3.8, 4) is 5.75 Å². The predicted molar refractivity (Wildman–Crippen MR) is 66.3 cm³/mol. The number of esters is 1. The third kappa shape index (κ3) is 4.75. The molecule has 0 fully saturated rings. The van der Waals surface area contributed by atoms with Gasteiger partial charge in [-0.15, -0.1) is 0 Å². The number of benzene rings is 1. The van der Waals surface area contributed by atoms with Crippen LogP contribution in [0.2, 0.25) is 0 Å². The minimum absolute atomic E-state index is 0.186. The summed E-state index contributed by atoms with van der Waals surface area (Å²) in [4.78, 5) is 11.4. The Morgan fingerprint density at radius 1 is 1.22 bits per heavy atom. The van der Waals surface area contributed by atoms with E-state index in [2.05, 4.69) is 0 Å². The van der Waals surface area contributed by atoms with Crippen molar-refractivity contribution < 1.29 is 22.7 Å². The Hall–Kier alpha value is -1.56. The van der Waals surface area contributed by atoms with Gasteiger partial charge in [0.25, 0.3) is 0 Å². The lowest BCUT2D eigenvalue weighted by Crippen LogP contribution is -2.18. The van der Waals surface area contributed by atoms with Gasteiger partial charge in [-0.2, -0.15) is 0 Å². The molecule has 18 heavy (non-hydrogen) atoms. The van der Waals surface area contributed by atoms with Crippen molar-refractivity contribution in [1.29, 1.82) is 0 Å². The Bertz CT molecular complexity index is 502. The highest BCUT2D eigenvalue weighted by Gasteiger charge is 2.08. The van der Waals surface area contributed by atoms with Crippen LogP contribution in [0.4, 0.5) is 0 Å². The molecule has 1 rings (SSSR count). The number of carbonyl (C=O) groups excluding carboxylic acids is 1. The van der Waals surface area contributed by atoms with Gasteiger partial charge in [-0.05, 0) is 38.1 Å². The molecule has 0 spiro atoms. The molecule has 5 nitrogen and oxygen atoms in total. The highest BCUT2D eigenvalue weighted by Crippen LogP contribution is 2.15. The molecule has 0 unspecified atom stereocenters. The summed E-state index contributed by atoms with van der Waals surface area (Å²) in [5.41, 5.74) is 0. The van der Waals surface area contributed by atoms with Crippen molar-refractivity contribution in [2.75, 3.05) is 12.9 Å². The van der Waals surface area contributed by atoms with Crippen LogP contribution in [0, 0.1) is 0 Å². The normalized spacial score (nSPS) is 11.3. The summed E-state index contributed by atoms with van der Waals surface area (Å²) >= 11 is 0. The topological polar surface area (TPSA) is 69.7 Å². The summed E-state index contributed by atoms with van der Waals surface area (Å²) in [6.45, 7) is 3.30. The van der Waals surface area contributed by atoms with Crippen LogP contribution in [-0.2, 0) is 19.4 Å². The summed E-state index contributed by atoms with van der Waals surface area (Å²) in [6.07, 6.45) is 0.941. The van der Waals surface area contributed by atoms with E-state index in [1.54, 1.807) is 13.8 Å². The standard InChI is InChI=1S/C12H16O5S/c1-9(2)17-12(13)8-16-10-4-6-11(7-5-10)18(3,14)15/h4-7,9H,8H2,1-3H3. The largest absolute Gasteiger partial charge is 0.482 e. The van der Waals surface area contributed by atoms with Gasteiger partial charge in [-0.1, -0.05) is 0 Å². The maximum atomic E-state index is 11.2. The van der Waals surface area contributed by atoms with Crippen molar-refractivity contribution in [3.05, 3.63) is 24.3 Å². The molecular formula is C12H16O5S. The molecule has 0 aliphatic heterocycles. The zero-order chi connectivity index (χ0) is 13.8. The highest BCUT2D eigenvalue weighted by atomic mass is 32.2. The first kappa shape index (κ1) is 14.5. The second kappa shape index (κ2) is 5.86. The zero-order valence-corrected chi connectivity index (χ0v) is 11.4. The minimum atomic E-state index is -3.21. The van der Waals surface area contributed by atoms with E-state index in [4.69, 9.17) is 9.47 Å². The van der Waals surface area contributed by atoms with Gasteiger partial charge in [-0.3, -0.25) is 0 Å². The fourth-order valence-corrected chi connectivity index (χ4v) is 1.85. The van der Waals surface area contributed by atoms with Crippen molar-refractivity contribution in [2.45, 2.75) is 24.8 Å². The molecule has 0 heterocycles. The highest BCUT2D eigenvalue weighted by molar-refractivity contribution is 7.90. The third-order valence-electron chi connectivity index (χ3n) is 1.98. The summed E-state index contributed by atoms with van der Waals surface area (Å²) in [6, 6.07) is 5.86. The van der Waals surface area contributed by atoms with Crippen LogP contribution in [0.25, 0.3) is 0 Å². The van der Waals surface area contributed by atoms with E-state index in [0.29, 0.717) is 5.75 Å². The number of hydrogen-bond acceptors (Lipinski definition) is 5. The van der Waals surface area contributed by atoms with Crippen molar-refractivity contribution in [2.24, 2.45) is 0 Å². The maximum absolute atomic E-state index is 11.2. The fraction of sp³-hybridized carbons (Fsp3) is 0.417. The van der Waals surface area contributed by atoms with Gasteiger partial charge in [0.05, 0.1) is 11.0 Å². The van der Waals surface area contributed by atoms with E-state index >= 15 is 0 Å². The molecule has 1 aromatic rings. The van der Waals surface area contributed by atoms with Crippen LogP contribution in [0.1, 0.15) is 13.8 Å². The molecule has 0 atom stereocenters. The molecule has 0 radical (unpaired) electrons. The fourth-order valence-electron chi connectivity index (χ4n) is 1.22. The maximum Gasteiger partial charge on any atom is 0.344 e. The predicted octanol–water partition coefficient (Wildman–Crippen LogP) is 1.42. The van der Waals surface area contributed by atoms with Crippen LogP contribution >= 0.6 is 0 Å². The Morgan fingerprint density at radius 3 is 2.22 bits per heavy atom. The molecule has 6 heteroatoms. The van der Waals surface area contributed by atoms with Crippen LogP contribution < -0.4 is 4.74 Å². The van der Waals surface area contributed by atoms with Crippen molar-refractivity contribution in [1.82, 2.24) is 0 Å². The first-order valence-corrected chi connectivity index (χ1v) is 7.30. The average Bonchev–Trinajstić information content (AvgIpc) is 2.25. The minimum Gasteiger partial charge on any atom is -0.482 e. The van der Waals surface area contributed by atoms with E-state index in [1.165, 1.54) is 24.3 Å². The first-order chi connectivity index (χ1) is 8.29. The molecule has 0 saturated carbocycles. The van der Waals surface area contributed by atoms with Crippen molar-refractivity contribution in [3.63, 3.8) is 0 Å². The second-order valence-corrected chi connectivity index (χ2v) is 6.09. The molecule has 0 N–H and O–H groups in total. The monoisotopic (exact) mass is 272 g/mol. The van der Waals surface area contributed by atoms with Gasteiger partial charge in [-0.25, -0.2) is 13.2 Å². The Kier molecular flexibility index (Phi) is 4.72. The number of carbonyl (C=O) groups is 1. The molecule has 0 bridgehead atoms. The summed E-state index contributed by atoms with van der Waals surface area (Å²) in [5, 5.41) is 0. The lowest BCUT2D eigenvalue weighted by atomic mass is 10.3. The Balaban J connectivity index is 2.57. The molecule has 1 aromatic carbocycles. The number of hydrogen-bond donors (Lipinski definition) is 0. The molecule has 0 amide bonds. The van der Waals surface area contributed by atoms with Gasteiger partial charge in [0.2, 0.25) is 0 Å². The van der Waals surface area contributed by atoms with E-state index in [-0.39, 0.29) is 17.6 Å². The van der Waals surface area contributed by atoms with Crippen LogP contribution in [0.15, 0.2) is 29.2 Å². The van der Waals surface area contributed by atoms with Crippen LogP contribution in [0.5, 0.6) is 5.75 Å². The van der Waals surface area contributed by atoms with Gasteiger partial charge in [0, 0.05) is 6.26 Å². The average molecular weight is 272 g/mol. The summed E-state index contributed by atoms with van der Waals surface area (Å²) in [5.74, 6) is -0.0414. The second-order valence-electron chi connectivity index (χ2n) is 4.07. The quantitative estimate of drug-likeness (QED) is 0.758. The van der Waals surface area contributed by atoms with Crippen molar-refractivity contribution >= 4 is 15.8 Å². The number of ether oxygens (including phenoxy) is 2. The number of rotatable bonds is 5. The summed E-state index contributed by atoms with van der Waals surface area (Å²) < 4.78 is 32.5. The Labute approximate surface area is 107 Å². The zero-order valence-electron chi connectivity index (χ0n) is 10.5. The first-order valence-electron chi connectivity index (χ1n) is 5.41. The molecule has 0 aliphatic carbocycles. The van der Waals surface area contributed by atoms with E-state index in [1.807, 2.05) is 0 Å². The van der Waals surface area contributed by atoms with Gasteiger partial charge < -0.3 is 9.47 Å². The van der Waals surface area contributed by atoms with E-state index < -0.39 is 15.8 Å². The van der Waals surface area contributed by atoms with E-state index in [9.17, 15) is 13.2 Å². The van der Waals surface area contributed by atoms with Crippen LogP contribution in [0.3, 0.4) is 0 Å². The lowest BCUT2D eigenvalue weighted by Gasteiger charge is -2.09. The molecule has 0 aromatic heterocycles. The lowest BCUT2D eigenvalue weighted by molar-refractivity contribution is -0.149. The van der Waals surface area contributed by atoms with Gasteiger partial charge in [0.1, 0.15) is 5.75 Å². The molecule has 100 valence electrons. The van der Waals surface area contributed by atoms with Gasteiger partial charge in [0.15, 0.2) is 16.4 Å². The van der Waals surface area contributed by atoms with Gasteiger partial charge >= 0.3 is 5.97 Å². The molecule has 0 aliphatic rings. The SMILES string of the molecule is CC(C)OC(=O)COc1ccc(S(C)(=O)=O)cc1.